The number of hydrogen-bond acceptors (Lipinski definition) is 5. The first-order valence-corrected chi connectivity index (χ1v) is 11.1. The summed E-state index contributed by atoms with van der Waals surface area (Å²) >= 11 is 8.15. The van der Waals surface area contributed by atoms with Gasteiger partial charge in [-0.2, -0.15) is 0 Å². The molecule has 1 N–H and O–H groups in total. The van der Waals surface area contributed by atoms with Gasteiger partial charge in [0.1, 0.15) is 10.8 Å². The smallest absolute Gasteiger partial charge is 0.309 e. The summed E-state index contributed by atoms with van der Waals surface area (Å²) in [5, 5.41) is 10.5. The highest BCUT2D eigenvalue weighted by Crippen LogP contribution is 2.36. The number of hydrogen-bond donors (Lipinski definition) is 1. The van der Waals surface area contributed by atoms with Gasteiger partial charge in [0.05, 0.1) is 21.9 Å². The van der Waals surface area contributed by atoms with Crippen molar-refractivity contribution in [1.29, 1.82) is 0 Å². The van der Waals surface area contributed by atoms with Crippen LogP contribution in [-0.4, -0.2) is 40.2 Å². The topological polar surface area (TPSA) is 62.7 Å². The van der Waals surface area contributed by atoms with E-state index in [1.807, 2.05) is 62.5 Å². The highest BCUT2D eigenvalue weighted by atomic mass is 35.5. The Morgan fingerprint density at radius 3 is 2.63 bits per heavy atom. The lowest BCUT2D eigenvalue weighted by atomic mass is 9.99. The molecule has 1 saturated heterocycles. The van der Waals surface area contributed by atoms with E-state index in [9.17, 15) is 4.79 Å². The van der Waals surface area contributed by atoms with Crippen molar-refractivity contribution in [2.24, 2.45) is 5.92 Å². The lowest BCUT2D eigenvalue weighted by Gasteiger charge is -2.36. The molecule has 4 rings (SSSR count). The third-order valence-electron chi connectivity index (χ3n) is 4.99. The van der Waals surface area contributed by atoms with Crippen LogP contribution < -0.4 is 4.74 Å². The summed E-state index contributed by atoms with van der Waals surface area (Å²) in [5.41, 5.74) is 3.07. The molecule has 0 spiro atoms. The third kappa shape index (κ3) is 4.67. The predicted octanol–water partition coefficient (Wildman–Crippen LogP) is 5.43. The van der Waals surface area contributed by atoms with Crippen LogP contribution in [-0.2, 0) is 11.3 Å². The summed E-state index contributed by atoms with van der Waals surface area (Å²) in [6.45, 7) is 5.90. The molecular weight excluding hydrogens is 420 g/mol. The molecule has 30 heavy (non-hydrogen) atoms. The van der Waals surface area contributed by atoms with E-state index in [4.69, 9.17) is 21.4 Å². The van der Waals surface area contributed by atoms with Gasteiger partial charge in [0.25, 0.3) is 0 Å². The molecule has 1 aromatic heterocycles. The second-order valence-corrected chi connectivity index (χ2v) is 9.20. The van der Waals surface area contributed by atoms with Crippen LogP contribution in [0.25, 0.3) is 21.0 Å². The summed E-state index contributed by atoms with van der Waals surface area (Å²) in [6.07, 6.45) is 2.02. The molecule has 0 radical (unpaired) electrons. The fourth-order valence-corrected chi connectivity index (χ4v) is 4.76. The van der Waals surface area contributed by atoms with Gasteiger partial charge in [0, 0.05) is 31.4 Å². The van der Waals surface area contributed by atoms with Crippen LogP contribution in [0.5, 0.6) is 5.75 Å². The molecule has 1 aliphatic rings. The molecule has 0 saturated carbocycles. The predicted molar refractivity (Wildman–Crippen MR) is 120 cm³/mol. The number of nitrogens with zero attached hydrogens (tertiary/aromatic N) is 2. The van der Waals surface area contributed by atoms with E-state index in [0.717, 1.165) is 32.3 Å². The molecule has 0 aliphatic carbocycles. The number of ether oxygens (including phenoxy) is 1. The largest absolute Gasteiger partial charge is 0.491 e. The molecule has 0 bridgehead atoms. The zero-order valence-corrected chi connectivity index (χ0v) is 18.4. The van der Waals surface area contributed by atoms with Crippen molar-refractivity contribution < 1.29 is 14.6 Å². The number of carboxylic acids is 1. The second-order valence-electron chi connectivity index (χ2n) is 7.76. The lowest BCUT2D eigenvalue weighted by molar-refractivity contribution is -0.147. The Morgan fingerprint density at radius 2 is 2.00 bits per heavy atom. The first kappa shape index (κ1) is 20.8. The van der Waals surface area contributed by atoms with E-state index >= 15 is 0 Å². The van der Waals surface area contributed by atoms with Crippen LogP contribution in [0.2, 0.25) is 5.02 Å². The Kier molecular flexibility index (Phi) is 6.09. The molecule has 156 valence electrons. The average molecular weight is 443 g/mol. The fourth-order valence-electron chi connectivity index (χ4n) is 3.45. The van der Waals surface area contributed by atoms with E-state index < -0.39 is 5.97 Å². The zero-order valence-electron chi connectivity index (χ0n) is 16.8. The van der Waals surface area contributed by atoms with Crippen molar-refractivity contribution in [1.82, 2.24) is 9.88 Å². The molecular formula is C23H23ClN2O3S. The average Bonchev–Trinajstić information content (AvgIpc) is 3.14. The van der Waals surface area contributed by atoms with Gasteiger partial charge in [0.15, 0.2) is 0 Å². The van der Waals surface area contributed by atoms with Crippen molar-refractivity contribution in [2.75, 3.05) is 13.1 Å². The zero-order chi connectivity index (χ0) is 21.3. The maximum absolute atomic E-state index is 10.9. The van der Waals surface area contributed by atoms with E-state index in [2.05, 4.69) is 9.88 Å². The maximum atomic E-state index is 10.9. The van der Waals surface area contributed by atoms with Crippen LogP contribution >= 0.6 is 22.9 Å². The van der Waals surface area contributed by atoms with Crippen LogP contribution in [0, 0.1) is 5.92 Å². The molecule has 0 amide bonds. The summed E-state index contributed by atoms with van der Waals surface area (Å²) in [7, 11) is 0. The Balaban J connectivity index is 1.45. The summed E-state index contributed by atoms with van der Waals surface area (Å²) in [5.74, 6) is -0.116. The first-order chi connectivity index (χ1) is 14.4. The number of rotatable bonds is 7. The number of halogens is 1. The van der Waals surface area contributed by atoms with Crippen molar-refractivity contribution in [3.05, 3.63) is 59.2 Å². The van der Waals surface area contributed by atoms with Crippen LogP contribution in [0.3, 0.4) is 0 Å². The highest BCUT2D eigenvalue weighted by molar-refractivity contribution is 7.18. The van der Waals surface area contributed by atoms with Crippen LogP contribution in [0.15, 0.2) is 48.7 Å². The van der Waals surface area contributed by atoms with Crippen molar-refractivity contribution in [3.63, 3.8) is 0 Å². The molecule has 1 aliphatic heterocycles. The van der Waals surface area contributed by atoms with E-state index in [0.29, 0.717) is 24.7 Å². The van der Waals surface area contributed by atoms with Crippen molar-refractivity contribution in [3.8, 4) is 26.8 Å². The number of aliphatic carboxylic acids is 1. The van der Waals surface area contributed by atoms with Crippen LogP contribution in [0.1, 0.15) is 19.4 Å². The van der Waals surface area contributed by atoms with Gasteiger partial charge >= 0.3 is 5.97 Å². The molecule has 1 fully saturated rings. The standard InChI is InChI=1S/C23H23ClN2O3S/c1-14(2)29-18-6-4-16(5-7-18)21-10-25-22(30-21)19-8-3-15(9-20(19)24)11-26-12-17(13-26)23(27)28/h3-10,14,17H,11-13H2,1-2H3,(H,27,28). The normalized spacial score (nSPS) is 14.7. The van der Waals surface area contributed by atoms with Gasteiger partial charge in [-0.05, 0) is 55.3 Å². The molecule has 2 aromatic carbocycles. The van der Waals surface area contributed by atoms with E-state index in [1.54, 1.807) is 11.3 Å². The van der Waals surface area contributed by atoms with Gasteiger partial charge in [-0.1, -0.05) is 23.7 Å². The monoisotopic (exact) mass is 442 g/mol. The van der Waals surface area contributed by atoms with Crippen molar-refractivity contribution in [2.45, 2.75) is 26.5 Å². The summed E-state index contributed by atoms with van der Waals surface area (Å²) in [4.78, 5) is 18.7. The van der Waals surface area contributed by atoms with Gasteiger partial charge in [-0.15, -0.1) is 11.3 Å². The number of likely N-dealkylation sites (tertiary alicyclic amines) is 1. The summed E-state index contributed by atoms with van der Waals surface area (Å²) in [6, 6.07) is 14.0. The highest BCUT2D eigenvalue weighted by Gasteiger charge is 2.32. The Bertz CT molecular complexity index is 1040. The Labute approximate surface area is 184 Å². The number of carbonyl (C=O) groups is 1. The minimum atomic E-state index is -0.721. The molecule has 3 aromatic rings. The molecule has 7 heteroatoms. The second kappa shape index (κ2) is 8.76. The SMILES string of the molecule is CC(C)Oc1ccc(-c2cnc(-c3ccc(CN4CC(C(=O)O)C4)cc3Cl)s2)cc1. The Hall–Kier alpha value is -2.41. The summed E-state index contributed by atoms with van der Waals surface area (Å²) < 4.78 is 5.70. The number of carboxylic acid groups (broad SMARTS) is 1. The van der Waals surface area contributed by atoms with Crippen LogP contribution in [0.4, 0.5) is 0 Å². The minimum absolute atomic E-state index is 0.149. The lowest BCUT2D eigenvalue weighted by Crippen LogP contribution is -2.49. The number of aromatic nitrogens is 1. The minimum Gasteiger partial charge on any atom is -0.491 e. The first-order valence-electron chi connectivity index (χ1n) is 9.86. The maximum Gasteiger partial charge on any atom is 0.309 e. The number of thiazole rings is 1. The van der Waals surface area contributed by atoms with Gasteiger partial charge < -0.3 is 9.84 Å². The van der Waals surface area contributed by atoms with Gasteiger partial charge in [0.2, 0.25) is 0 Å². The van der Waals surface area contributed by atoms with E-state index in [1.165, 1.54) is 0 Å². The number of benzene rings is 2. The molecule has 0 unspecified atom stereocenters. The van der Waals surface area contributed by atoms with Gasteiger partial charge in [-0.3, -0.25) is 9.69 Å². The molecule has 2 heterocycles. The van der Waals surface area contributed by atoms with E-state index in [-0.39, 0.29) is 12.0 Å². The molecule has 0 atom stereocenters. The Morgan fingerprint density at radius 1 is 1.27 bits per heavy atom. The fraction of sp³-hybridized carbons (Fsp3) is 0.304. The van der Waals surface area contributed by atoms with Gasteiger partial charge in [-0.25, -0.2) is 4.98 Å². The van der Waals surface area contributed by atoms with Crippen molar-refractivity contribution >= 4 is 28.9 Å². The molecule has 5 nitrogen and oxygen atoms in total. The quantitative estimate of drug-likeness (QED) is 0.528. The third-order valence-corrected chi connectivity index (χ3v) is 6.39.